The maximum Gasteiger partial charge on any atom is 0.252 e. The van der Waals surface area contributed by atoms with E-state index in [9.17, 15) is 4.79 Å². The van der Waals surface area contributed by atoms with Crippen molar-refractivity contribution in [2.45, 2.75) is 20.4 Å². The quantitative estimate of drug-likeness (QED) is 0.797. The number of nitrogens with zero attached hydrogens (tertiary/aromatic N) is 1. The molecule has 3 rings (SSSR count). The van der Waals surface area contributed by atoms with Crippen LogP contribution in [0.25, 0.3) is 10.9 Å². The van der Waals surface area contributed by atoms with Gasteiger partial charge in [0.25, 0.3) is 5.91 Å². The maximum absolute atomic E-state index is 12.5. The van der Waals surface area contributed by atoms with E-state index in [1.807, 2.05) is 68.4 Å². The monoisotopic (exact) mass is 290 g/mol. The summed E-state index contributed by atoms with van der Waals surface area (Å²) in [4.78, 5) is 17.0. The second-order valence-electron chi connectivity index (χ2n) is 5.50. The zero-order valence-corrected chi connectivity index (χ0v) is 12.8. The van der Waals surface area contributed by atoms with Gasteiger partial charge in [-0.1, -0.05) is 48.0 Å². The smallest absolute Gasteiger partial charge is 0.252 e. The number of fused-ring (bicyclic) bond motifs is 1. The molecule has 0 saturated heterocycles. The first-order chi connectivity index (χ1) is 10.6. The minimum atomic E-state index is -0.0673. The minimum absolute atomic E-state index is 0.0673. The van der Waals surface area contributed by atoms with E-state index in [4.69, 9.17) is 0 Å². The van der Waals surface area contributed by atoms with Gasteiger partial charge in [-0.25, -0.2) is 0 Å². The van der Waals surface area contributed by atoms with Crippen LogP contribution in [0.5, 0.6) is 0 Å². The number of amides is 1. The fourth-order valence-corrected chi connectivity index (χ4v) is 2.48. The Bertz CT molecular complexity index is 822. The number of benzene rings is 2. The lowest BCUT2D eigenvalue weighted by Gasteiger charge is -2.09. The van der Waals surface area contributed by atoms with Crippen molar-refractivity contribution < 1.29 is 4.79 Å². The molecule has 0 aliphatic heterocycles. The Balaban J connectivity index is 1.84. The van der Waals surface area contributed by atoms with Gasteiger partial charge in [0.15, 0.2) is 0 Å². The highest BCUT2D eigenvalue weighted by molar-refractivity contribution is 6.06. The topological polar surface area (TPSA) is 42.0 Å². The van der Waals surface area contributed by atoms with E-state index in [1.165, 1.54) is 5.56 Å². The normalized spacial score (nSPS) is 10.6. The summed E-state index contributed by atoms with van der Waals surface area (Å²) in [6.45, 7) is 4.48. The number of aromatic nitrogens is 1. The number of nitrogens with one attached hydrogen (secondary N) is 1. The number of hydrogen-bond acceptors (Lipinski definition) is 2. The Morgan fingerprint density at radius 3 is 2.55 bits per heavy atom. The summed E-state index contributed by atoms with van der Waals surface area (Å²) in [6.07, 6.45) is 0. The lowest BCUT2D eigenvalue weighted by molar-refractivity contribution is 0.0952. The molecule has 0 spiro atoms. The molecule has 3 aromatic rings. The standard InChI is InChI=1S/C19H18N2O/c1-13-7-9-15(10-8-13)12-20-19(22)17-11-14(2)21-18-6-4-3-5-16(17)18/h3-11H,12H2,1-2H3,(H,20,22). The van der Waals surface area contributed by atoms with Crippen LogP contribution in [0.1, 0.15) is 27.2 Å². The molecule has 0 radical (unpaired) electrons. The number of hydrogen-bond donors (Lipinski definition) is 1. The van der Waals surface area contributed by atoms with E-state index in [1.54, 1.807) is 0 Å². The Hall–Kier alpha value is -2.68. The summed E-state index contributed by atoms with van der Waals surface area (Å²) in [7, 11) is 0. The van der Waals surface area contributed by atoms with Crippen LogP contribution in [0.15, 0.2) is 54.6 Å². The van der Waals surface area contributed by atoms with Crippen molar-refractivity contribution in [3.05, 3.63) is 77.0 Å². The average Bonchev–Trinajstić information content (AvgIpc) is 2.53. The molecule has 0 atom stereocenters. The molecule has 0 unspecified atom stereocenters. The van der Waals surface area contributed by atoms with E-state index >= 15 is 0 Å². The van der Waals surface area contributed by atoms with Crippen LogP contribution in [0, 0.1) is 13.8 Å². The molecule has 3 heteroatoms. The second-order valence-corrected chi connectivity index (χ2v) is 5.50. The summed E-state index contributed by atoms with van der Waals surface area (Å²) in [5.41, 5.74) is 4.68. The third-order valence-corrected chi connectivity index (χ3v) is 3.66. The molecule has 2 aromatic carbocycles. The Morgan fingerprint density at radius 1 is 1.05 bits per heavy atom. The van der Waals surface area contributed by atoms with Crippen LogP contribution in [-0.4, -0.2) is 10.9 Å². The highest BCUT2D eigenvalue weighted by Crippen LogP contribution is 2.18. The van der Waals surface area contributed by atoms with Gasteiger partial charge in [-0.3, -0.25) is 9.78 Å². The van der Waals surface area contributed by atoms with Gasteiger partial charge < -0.3 is 5.32 Å². The van der Waals surface area contributed by atoms with Gasteiger partial charge in [0.1, 0.15) is 0 Å². The largest absolute Gasteiger partial charge is 0.348 e. The first-order valence-electron chi connectivity index (χ1n) is 7.33. The zero-order valence-electron chi connectivity index (χ0n) is 12.8. The summed E-state index contributed by atoms with van der Waals surface area (Å²) < 4.78 is 0. The summed E-state index contributed by atoms with van der Waals surface area (Å²) >= 11 is 0. The molecule has 110 valence electrons. The average molecular weight is 290 g/mol. The Labute approximate surface area is 130 Å². The Kier molecular flexibility index (Phi) is 3.88. The molecule has 1 amide bonds. The molecule has 0 fully saturated rings. The number of aryl methyl sites for hydroxylation is 2. The van der Waals surface area contributed by atoms with Gasteiger partial charge in [0.2, 0.25) is 0 Å². The SMILES string of the molecule is Cc1ccc(CNC(=O)c2cc(C)nc3ccccc23)cc1. The van der Waals surface area contributed by atoms with Crippen molar-refractivity contribution in [1.29, 1.82) is 0 Å². The molecule has 1 aromatic heterocycles. The third kappa shape index (κ3) is 2.98. The van der Waals surface area contributed by atoms with Crippen LogP contribution < -0.4 is 5.32 Å². The van der Waals surface area contributed by atoms with Crippen molar-refractivity contribution in [1.82, 2.24) is 10.3 Å². The van der Waals surface area contributed by atoms with Gasteiger partial charge >= 0.3 is 0 Å². The van der Waals surface area contributed by atoms with Crippen molar-refractivity contribution in [2.24, 2.45) is 0 Å². The highest BCUT2D eigenvalue weighted by Gasteiger charge is 2.11. The zero-order chi connectivity index (χ0) is 15.5. The molecule has 0 aliphatic carbocycles. The van der Waals surface area contributed by atoms with E-state index in [0.717, 1.165) is 22.2 Å². The van der Waals surface area contributed by atoms with Gasteiger partial charge in [0.05, 0.1) is 11.1 Å². The fourth-order valence-electron chi connectivity index (χ4n) is 2.48. The first kappa shape index (κ1) is 14.3. The molecule has 0 saturated carbocycles. The number of pyridine rings is 1. The second kappa shape index (κ2) is 5.98. The number of carbonyl (C=O) groups excluding carboxylic acids is 1. The summed E-state index contributed by atoms with van der Waals surface area (Å²) in [5.74, 6) is -0.0673. The maximum atomic E-state index is 12.5. The van der Waals surface area contributed by atoms with Crippen LogP contribution in [0.4, 0.5) is 0 Å². The molecule has 22 heavy (non-hydrogen) atoms. The molecular formula is C19H18N2O. The predicted molar refractivity (Wildman–Crippen MR) is 88.8 cm³/mol. The molecule has 3 nitrogen and oxygen atoms in total. The van der Waals surface area contributed by atoms with Crippen molar-refractivity contribution >= 4 is 16.8 Å². The summed E-state index contributed by atoms with van der Waals surface area (Å²) in [5, 5.41) is 3.87. The van der Waals surface area contributed by atoms with Crippen LogP contribution in [0.3, 0.4) is 0 Å². The van der Waals surface area contributed by atoms with Crippen molar-refractivity contribution in [3.63, 3.8) is 0 Å². The van der Waals surface area contributed by atoms with E-state index in [2.05, 4.69) is 10.3 Å². The van der Waals surface area contributed by atoms with Gasteiger partial charge in [-0.2, -0.15) is 0 Å². The molecular weight excluding hydrogens is 272 g/mol. The predicted octanol–water partition coefficient (Wildman–Crippen LogP) is 3.78. The lowest BCUT2D eigenvalue weighted by Crippen LogP contribution is -2.23. The highest BCUT2D eigenvalue weighted by atomic mass is 16.1. The van der Waals surface area contributed by atoms with Gasteiger partial charge in [-0.05, 0) is 31.5 Å². The number of carbonyl (C=O) groups is 1. The molecule has 0 bridgehead atoms. The van der Waals surface area contributed by atoms with Crippen LogP contribution >= 0.6 is 0 Å². The van der Waals surface area contributed by atoms with E-state index in [0.29, 0.717) is 12.1 Å². The van der Waals surface area contributed by atoms with Gasteiger partial charge in [0, 0.05) is 17.6 Å². The van der Waals surface area contributed by atoms with E-state index in [-0.39, 0.29) is 5.91 Å². The molecule has 1 heterocycles. The third-order valence-electron chi connectivity index (χ3n) is 3.66. The lowest BCUT2D eigenvalue weighted by atomic mass is 10.1. The first-order valence-corrected chi connectivity index (χ1v) is 7.33. The Morgan fingerprint density at radius 2 is 1.77 bits per heavy atom. The number of rotatable bonds is 3. The van der Waals surface area contributed by atoms with Gasteiger partial charge in [-0.15, -0.1) is 0 Å². The minimum Gasteiger partial charge on any atom is -0.348 e. The fraction of sp³-hybridized carbons (Fsp3) is 0.158. The van der Waals surface area contributed by atoms with E-state index < -0.39 is 0 Å². The molecule has 1 N–H and O–H groups in total. The van der Waals surface area contributed by atoms with Crippen molar-refractivity contribution in [2.75, 3.05) is 0 Å². The molecule has 0 aliphatic rings. The van der Waals surface area contributed by atoms with Crippen molar-refractivity contribution in [3.8, 4) is 0 Å². The van der Waals surface area contributed by atoms with Crippen LogP contribution in [-0.2, 0) is 6.54 Å². The summed E-state index contributed by atoms with van der Waals surface area (Å²) in [6, 6.07) is 17.7. The van der Waals surface area contributed by atoms with Crippen LogP contribution in [0.2, 0.25) is 0 Å². The number of para-hydroxylation sites is 1.